The number of hydrogen-bond acceptors (Lipinski definition) is 3. The number of rotatable bonds is 3. The zero-order valence-electron chi connectivity index (χ0n) is 10.0. The second kappa shape index (κ2) is 5.00. The van der Waals surface area contributed by atoms with Gasteiger partial charge in [0.15, 0.2) is 0 Å². The Hall–Kier alpha value is -1.83. The fourth-order valence-corrected chi connectivity index (χ4v) is 2.06. The summed E-state index contributed by atoms with van der Waals surface area (Å²) in [4.78, 5) is 13.1. The normalized spacial score (nSPS) is 13.9. The standard InChI is InChI=1S/C12H16N4O/c1-15(7-6-13)12(17)9-16-8-10-4-2-3-5-11(10)14-16/h8H,2-5,7,9H2,1H3. The van der Waals surface area contributed by atoms with Gasteiger partial charge in [0.05, 0.1) is 11.8 Å². The largest absolute Gasteiger partial charge is 0.331 e. The number of aromatic nitrogens is 2. The lowest BCUT2D eigenvalue weighted by Crippen LogP contribution is -2.30. The lowest BCUT2D eigenvalue weighted by atomic mass is 9.99. The third-order valence-corrected chi connectivity index (χ3v) is 3.07. The highest BCUT2D eigenvalue weighted by Gasteiger charge is 2.15. The number of aryl methyl sites for hydroxylation is 2. The van der Waals surface area contributed by atoms with E-state index in [-0.39, 0.29) is 19.0 Å². The highest BCUT2D eigenvalue weighted by Crippen LogP contribution is 2.19. The van der Waals surface area contributed by atoms with Crippen molar-refractivity contribution >= 4 is 5.91 Å². The van der Waals surface area contributed by atoms with Gasteiger partial charge in [0, 0.05) is 13.2 Å². The molecule has 1 aliphatic carbocycles. The van der Waals surface area contributed by atoms with Crippen LogP contribution in [0.4, 0.5) is 0 Å². The predicted octanol–water partition coefficient (Wildman–Crippen LogP) is 0.744. The summed E-state index contributed by atoms with van der Waals surface area (Å²) in [7, 11) is 1.63. The van der Waals surface area contributed by atoms with Crippen LogP contribution in [-0.4, -0.2) is 34.2 Å². The molecule has 5 nitrogen and oxygen atoms in total. The van der Waals surface area contributed by atoms with Gasteiger partial charge in [-0.05, 0) is 31.2 Å². The number of nitrogens with zero attached hydrogens (tertiary/aromatic N) is 4. The fourth-order valence-electron chi connectivity index (χ4n) is 2.06. The molecular weight excluding hydrogens is 216 g/mol. The van der Waals surface area contributed by atoms with Gasteiger partial charge in [-0.25, -0.2) is 0 Å². The molecule has 1 aliphatic rings. The maximum Gasteiger partial charge on any atom is 0.244 e. The zero-order valence-corrected chi connectivity index (χ0v) is 10.0. The van der Waals surface area contributed by atoms with Crippen LogP contribution < -0.4 is 0 Å². The Balaban J connectivity index is 2.02. The number of carbonyl (C=O) groups excluding carboxylic acids is 1. The first-order valence-corrected chi connectivity index (χ1v) is 5.87. The van der Waals surface area contributed by atoms with E-state index in [2.05, 4.69) is 5.10 Å². The van der Waals surface area contributed by atoms with Gasteiger partial charge >= 0.3 is 0 Å². The van der Waals surface area contributed by atoms with E-state index in [1.165, 1.54) is 23.3 Å². The number of fused-ring (bicyclic) bond motifs is 1. The summed E-state index contributed by atoms with van der Waals surface area (Å²) < 4.78 is 1.70. The van der Waals surface area contributed by atoms with Crippen LogP contribution in [0.15, 0.2) is 6.20 Å². The molecule has 17 heavy (non-hydrogen) atoms. The molecule has 0 N–H and O–H groups in total. The van der Waals surface area contributed by atoms with E-state index < -0.39 is 0 Å². The topological polar surface area (TPSA) is 61.9 Å². The third-order valence-electron chi connectivity index (χ3n) is 3.07. The van der Waals surface area contributed by atoms with E-state index in [9.17, 15) is 4.79 Å². The van der Waals surface area contributed by atoms with Gasteiger partial charge in [-0.15, -0.1) is 0 Å². The van der Waals surface area contributed by atoms with Gasteiger partial charge in [-0.1, -0.05) is 0 Å². The second-order valence-corrected chi connectivity index (χ2v) is 4.41. The first kappa shape index (κ1) is 11.6. The van der Waals surface area contributed by atoms with Crippen molar-refractivity contribution < 1.29 is 4.79 Å². The first-order chi connectivity index (χ1) is 8.20. The minimum absolute atomic E-state index is 0.0774. The summed E-state index contributed by atoms with van der Waals surface area (Å²) in [5.74, 6) is -0.0774. The molecule has 0 aromatic carbocycles. The van der Waals surface area contributed by atoms with Crippen LogP contribution in [0.5, 0.6) is 0 Å². The SMILES string of the molecule is CN(CC#N)C(=O)Cn1cc2c(n1)CCCC2. The smallest absolute Gasteiger partial charge is 0.244 e. The van der Waals surface area contributed by atoms with E-state index in [1.807, 2.05) is 12.3 Å². The molecule has 0 fully saturated rings. The number of nitriles is 1. The van der Waals surface area contributed by atoms with Gasteiger partial charge < -0.3 is 4.90 Å². The molecule has 0 saturated heterocycles. The van der Waals surface area contributed by atoms with Crippen LogP contribution in [-0.2, 0) is 24.2 Å². The molecule has 90 valence electrons. The molecule has 1 amide bonds. The Labute approximate surface area is 101 Å². The fraction of sp³-hybridized carbons (Fsp3) is 0.583. The third kappa shape index (κ3) is 2.64. The Bertz CT molecular complexity index is 434. The van der Waals surface area contributed by atoms with Gasteiger partial charge in [-0.3, -0.25) is 9.48 Å². The number of amides is 1. The quantitative estimate of drug-likeness (QED) is 0.722. The number of likely N-dealkylation sites (N-methyl/N-ethyl adjacent to an activating group) is 1. The highest BCUT2D eigenvalue weighted by molar-refractivity contribution is 5.75. The lowest BCUT2D eigenvalue weighted by Gasteiger charge is -2.12. The first-order valence-electron chi connectivity index (χ1n) is 5.87. The molecule has 5 heteroatoms. The van der Waals surface area contributed by atoms with E-state index in [0.29, 0.717) is 0 Å². The highest BCUT2D eigenvalue weighted by atomic mass is 16.2. The van der Waals surface area contributed by atoms with E-state index in [4.69, 9.17) is 5.26 Å². The summed E-state index contributed by atoms with van der Waals surface area (Å²) >= 11 is 0. The zero-order chi connectivity index (χ0) is 12.3. The van der Waals surface area contributed by atoms with Crippen LogP contribution in [0.1, 0.15) is 24.1 Å². The summed E-state index contributed by atoms with van der Waals surface area (Å²) in [5, 5.41) is 12.9. The van der Waals surface area contributed by atoms with Crippen LogP contribution in [0.25, 0.3) is 0 Å². The van der Waals surface area contributed by atoms with E-state index in [1.54, 1.807) is 11.7 Å². The Morgan fingerprint density at radius 2 is 2.35 bits per heavy atom. The average molecular weight is 232 g/mol. The predicted molar refractivity (Wildman–Crippen MR) is 62.1 cm³/mol. The van der Waals surface area contributed by atoms with Crippen molar-refractivity contribution in [2.45, 2.75) is 32.2 Å². The molecule has 2 rings (SSSR count). The van der Waals surface area contributed by atoms with Gasteiger partial charge in [0.25, 0.3) is 0 Å². The van der Waals surface area contributed by atoms with Gasteiger partial charge in [0.2, 0.25) is 5.91 Å². The molecular formula is C12H16N4O. The van der Waals surface area contributed by atoms with Crippen LogP contribution in [0.2, 0.25) is 0 Å². The van der Waals surface area contributed by atoms with Crippen LogP contribution in [0, 0.1) is 11.3 Å². The van der Waals surface area contributed by atoms with Crippen molar-refractivity contribution in [3.8, 4) is 6.07 Å². The van der Waals surface area contributed by atoms with Crippen LogP contribution >= 0.6 is 0 Å². The maximum atomic E-state index is 11.7. The summed E-state index contributed by atoms with van der Waals surface area (Å²) in [5.41, 5.74) is 2.40. The molecule has 0 radical (unpaired) electrons. The van der Waals surface area contributed by atoms with Gasteiger partial charge in [-0.2, -0.15) is 10.4 Å². The van der Waals surface area contributed by atoms with Crippen molar-refractivity contribution in [2.75, 3.05) is 13.6 Å². The second-order valence-electron chi connectivity index (χ2n) is 4.41. The van der Waals surface area contributed by atoms with Crippen LogP contribution in [0.3, 0.4) is 0 Å². The lowest BCUT2D eigenvalue weighted by molar-refractivity contribution is -0.130. The molecule has 1 aromatic rings. The summed E-state index contributed by atoms with van der Waals surface area (Å²) in [6.45, 7) is 0.352. The molecule has 1 aromatic heterocycles. The molecule has 0 atom stereocenters. The van der Waals surface area contributed by atoms with Crippen molar-refractivity contribution in [1.29, 1.82) is 5.26 Å². The maximum absolute atomic E-state index is 11.7. The van der Waals surface area contributed by atoms with E-state index >= 15 is 0 Å². The molecule has 1 heterocycles. The Morgan fingerprint density at radius 1 is 1.59 bits per heavy atom. The molecule has 0 unspecified atom stereocenters. The molecule has 0 aliphatic heterocycles. The average Bonchev–Trinajstić information content (AvgIpc) is 2.71. The number of carbonyl (C=O) groups is 1. The van der Waals surface area contributed by atoms with Crippen molar-refractivity contribution in [3.63, 3.8) is 0 Å². The number of hydrogen-bond donors (Lipinski definition) is 0. The van der Waals surface area contributed by atoms with Crippen molar-refractivity contribution in [3.05, 3.63) is 17.5 Å². The van der Waals surface area contributed by atoms with E-state index in [0.717, 1.165) is 18.5 Å². The monoisotopic (exact) mass is 232 g/mol. The van der Waals surface area contributed by atoms with Crippen molar-refractivity contribution in [1.82, 2.24) is 14.7 Å². The molecule has 0 spiro atoms. The van der Waals surface area contributed by atoms with Crippen molar-refractivity contribution in [2.24, 2.45) is 0 Å². The minimum atomic E-state index is -0.0774. The molecule has 0 saturated carbocycles. The Kier molecular flexibility index (Phi) is 3.43. The summed E-state index contributed by atoms with van der Waals surface area (Å²) in [6.07, 6.45) is 6.45. The minimum Gasteiger partial charge on any atom is -0.331 e. The summed E-state index contributed by atoms with van der Waals surface area (Å²) in [6, 6.07) is 1.96. The molecule has 0 bridgehead atoms. The Morgan fingerprint density at radius 3 is 3.06 bits per heavy atom. The van der Waals surface area contributed by atoms with Gasteiger partial charge in [0.1, 0.15) is 13.1 Å².